The number of amides is 1. The van der Waals surface area contributed by atoms with Crippen molar-refractivity contribution in [2.24, 2.45) is 0 Å². The molecule has 0 spiro atoms. The van der Waals surface area contributed by atoms with Crippen LogP contribution in [0.4, 0.5) is 13.2 Å². The Labute approximate surface area is 102 Å². The normalized spacial score (nSPS) is 26.1. The van der Waals surface area contributed by atoms with Gasteiger partial charge in [0.05, 0.1) is 0 Å². The first-order valence-electron chi connectivity index (χ1n) is 5.91. The molecule has 1 saturated heterocycles. The fraction of sp³-hybridized carbons (Fsp3) is 0.462. The molecule has 3 rings (SSSR count). The number of hydrogen-bond acceptors (Lipinski definition) is 1. The van der Waals surface area contributed by atoms with Crippen LogP contribution in [-0.4, -0.2) is 30.1 Å². The van der Waals surface area contributed by atoms with Crippen LogP contribution in [0.3, 0.4) is 0 Å². The number of rotatable bonds is 0. The molecule has 0 N–H and O–H groups in total. The van der Waals surface area contributed by atoms with Gasteiger partial charge in [0.2, 0.25) is 0 Å². The molecule has 0 radical (unpaired) electrons. The summed E-state index contributed by atoms with van der Waals surface area (Å²) in [6, 6.07) is 7.72. The summed E-state index contributed by atoms with van der Waals surface area (Å²) in [5, 5.41) is 0. The predicted molar refractivity (Wildman–Crippen MR) is 59.2 cm³/mol. The van der Waals surface area contributed by atoms with Gasteiger partial charge in [-0.2, -0.15) is 13.2 Å². The third kappa shape index (κ3) is 1.69. The minimum absolute atomic E-state index is 0.0613. The predicted octanol–water partition coefficient (Wildman–Crippen LogP) is 2.66. The van der Waals surface area contributed by atoms with E-state index in [0.29, 0.717) is 0 Å². The van der Waals surface area contributed by atoms with Crippen LogP contribution < -0.4 is 0 Å². The third-order valence-electron chi connectivity index (χ3n) is 3.86. The zero-order valence-electron chi connectivity index (χ0n) is 9.57. The molecule has 0 aromatic heterocycles. The molecule has 2 nitrogen and oxygen atoms in total. The van der Waals surface area contributed by atoms with Crippen molar-refractivity contribution in [2.75, 3.05) is 13.1 Å². The molecule has 2 bridgehead atoms. The number of hydrogen-bond donors (Lipinski definition) is 0. The molecule has 1 aromatic rings. The lowest BCUT2D eigenvalue weighted by Crippen LogP contribution is -2.46. The van der Waals surface area contributed by atoms with Crippen molar-refractivity contribution in [3.63, 3.8) is 0 Å². The Kier molecular flexibility index (Phi) is 2.40. The Bertz CT molecular complexity index is 466. The zero-order valence-corrected chi connectivity index (χ0v) is 9.57. The van der Waals surface area contributed by atoms with Crippen LogP contribution in [-0.2, 0) is 4.79 Å². The minimum Gasteiger partial charge on any atom is -0.334 e. The molecule has 0 unspecified atom stereocenters. The van der Waals surface area contributed by atoms with E-state index in [4.69, 9.17) is 0 Å². The lowest BCUT2D eigenvalue weighted by molar-refractivity contribution is -0.186. The van der Waals surface area contributed by atoms with Gasteiger partial charge in [0, 0.05) is 24.9 Å². The van der Waals surface area contributed by atoms with Crippen molar-refractivity contribution in [1.29, 1.82) is 0 Å². The maximum atomic E-state index is 12.4. The summed E-state index contributed by atoms with van der Waals surface area (Å²) in [4.78, 5) is 12.2. The summed E-state index contributed by atoms with van der Waals surface area (Å²) in [5.74, 6) is -1.58. The second-order valence-electron chi connectivity index (χ2n) is 4.97. The van der Waals surface area contributed by atoms with Gasteiger partial charge in [0.1, 0.15) is 0 Å². The molecule has 96 valence electrons. The van der Waals surface area contributed by atoms with E-state index in [0.717, 1.165) is 22.4 Å². The Balaban J connectivity index is 1.87. The van der Waals surface area contributed by atoms with Crippen LogP contribution >= 0.6 is 0 Å². The van der Waals surface area contributed by atoms with E-state index in [1.54, 1.807) is 0 Å². The lowest BCUT2D eigenvalue weighted by Gasteiger charge is -2.32. The van der Waals surface area contributed by atoms with Crippen molar-refractivity contribution >= 4 is 5.91 Å². The van der Waals surface area contributed by atoms with E-state index >= 15 is 0 Å². The average Bonchev–Trinajstić information content (AvgIpc) is 2.60. The lowest BCUT2D eigenvalue weighted by atomic mass is 9.96. The van der Waals surface area contributed by atoms with Crippen molar-refractivity contribution in [3.8, 4) is 0 Å². The molecule has 2 atom stereocenters. The summed E-state index contributed by atoms with van der Waals surface area (Å²) >= 11 is 0. The molecule has 1 aromatic carbocycles. The monoisotopic (exact) mass is 255 g/mol. The molecule has 1 fully saturated rings. The largest absolute Gasteiger partial charge is 0.471 e. The quantitative estimate of drug-likeness (QED) is 0.698. The van der Waals surface area contributed by atoms with Crippen molar-refractivity contribution < 1.29 is 18.0 Å². The molecule has 5 heteroatoms. The highest BCUT2D eigenvalue weighted by atomic mass is 19.4. The maximum absolute atomic E-state index is 12.4. The van der Waals surface area contributed by atoms with Gasteiger partial charge in [-0.1, -0.05) is 24.3 Å². The molecule has 18 heavy (non-hydrogen) atoms. The highest BCUT2D eigenvalue weighted by Gasteiger charge is 2.47. The van der Waals surface area contributed by atoms with Gasteiger partial charge in [0.25, 0.3) is 0 Å². The Morgan fingerprint density at radius 1 is 1.11 bits per heavy atom. The van der Waals surface area contributed by atoms with Gasteiger partial charge in [-0.05, 0) is 17.5 Å². The Morgan fingerprint density at radius 2 is 1.61 bits per heavy atom. The minimum atomic E-state index is -4.76. The van der Waals surface area contributed by atoms with Gasteiger partial charge in [-0.15, -0.1) is 0 Å². The number of nitrogens with zero attached hydrogens (tertiary/aromatic N) is 1. The number of fused-ring (bicyclic) bond motifs is 5. The van der Waals surface area contributed by atoms with Crippen LogP contribution in [0.5, 0.6) is 0 Å². The van der Waals surface area contributed by atoms with Gasteiger partial charge in [-0.25, -0.2) is 0 Å². The number of carbonyl (C=O) groups is 1. The highest BCUT2D eigenvalue weighted by molar-refractivity contribution is 5.82. The summed E-state index contributed by atoms with van der Waals surface area (Å²) < 4.78 is 37.3. The molecule has 2 aliphatic rings. The maximum Gasteiger partial charge on any atom is 0.471 e. The van der Waals surface area contributed by atoms with Crippen molar-refractivity contribution in [2.45, 2.75) is 24.4 Å². The molecular weight excluding hydrogens is 243 g/mol. The summed E-state index contributed by atoms with van der Waals surface area (Å²) in [6.45, 7) is 0.373. The smallest absolute Gasteiger partial charge is 0.334 e. The van der Waals surface area contributed by atoms with Gasteiger partial charge in [0.15, 0.2) is 0 Å². The molecule has 1 aliphatic heterocycles. The number of likely N-dealkylation sites (tertiary alicyclic amines) is 1. The molecular formula is C13H12F3NO. The first-order valence-corrected chi connectivity index (χ1v) is 5.91. The first-order chi connectivity index (χ1) is 8.47. The molecule has 1 heterocycles. The Hall–Kier alpha value is -1.52. The van der Waals surface area contributed by atoms with E-state index in [9.17, 15) is 18.0 Å². The Morgan fingerprint density at radius 3 is 2.06 bits per heavy atom. The standard InChI is InChI=1S/C13H12F3NO/c14-13(15,16)12(18)17-6-8-5-9(7-17)11-4-2-1-3-10(8)11/h1-4,8-9H,5-7H2/t8-,9+. The molecule has 0 saturated carbocycles. The summed E-state index contributed by atoms with van der Waals surface area (Å²) in [6.07, 6.45) is -3.90. The zero-order chi connectivity index (χ0) is 12.9. The van der Waals surface area contributed by atoms with Crippen LogP contribution in [0, 0.1) is 0 Å². The van der Waals surface area contributed by atoms with Gasteiger partial charge in [-0.3, -0.25) is 4.79 Å². The highest BCUT2D eigenvalue weighted by Crippen LogP contribution is 2.46. The fourth-order valence-electron chi connectivity index (χ4n) is 3.15. The van der Waals surface area contributed by atoms with E-state index < -0.39 is 12.1 Å². The number of halogens is 3. The average molecular weight is 255 g/mol. The van der Waals surface area contributed by atoms with Crippen molar-refractivity contribution in [1.82, 2.24) is 4.90 Å². The van der Waals surface area contributed by atoms with Crippen molar-refractivity contribution in [3.05, 3.63) is 35.4 Å². The summed E-state index contributed by atoms with van der Waals surface area (Å²) in [7, 11) is 0. The van der Waals surface area contributed by atoms with E-state index in [-0.39, 0.29) is 24.9 Å². The first kappa shape index (κ1) is 11.6. The number of benzene rings is 1. The summed E-state index contributed by atoms with van der Waals surface area (Å²) in [5.41, 5.74) is 2.22. The second-order valence-corrected chi connectivity index (χ2v) is 4.97. The van der Waals surface area contributed by atoms with Crippen LogP contribution in [0.1, 0.15) is 29.4 Å². The van der Waals surface area contributed by atoms with Crippen LogP contribution in [0.25, 0.3) is 0 Å². The number of alkyl halides is 3. The molecule has 1 aliphatic carbocycles. The second kappa shape index (κ2) is 3.73. The van der Waals surface area contributed by atoms with E-state index in [2.05, 4.69) is 0 Å². The van der Waals surface area contributed by atoms with E-state index in [1.165, 1.54) is 0 Å². The fourth-order valence-corrected chi connectivity index (χ4v) is 3.15. The topological polar surface area (TPSA) is 20.3 Å². The van der Waals surface area contributed by atoms with Crippen LogP contribution in [0.2, 0.25) is 0 Å². The number of piperidine rings is 1. The molecule has 1 amide bonds. The van der Waals surface area contributed by atoms with Gasteiger partial charge >= 0.3 is 12.1 Å². The number of carbonyl (C=O) groups excluding carboxylic acids is 1. The SMILES string of the molecule is O=C(N1C[C@H]2C[C@@H](C1)c1ccccc12)C(F)(F)F. The van der Waals surface area contributed by atoms with Crippen LogP contribution in [0.15, 0.2) is 24.3 Å². The van der Waals surface area contributed by atoms with Gasteiger partial charge < -0.3 is 4.90 Å². The van der Waals surface area contributed by atoms with E-state index in [1.807, 2.05) is 24.3 Å². The third-order valence-corrected chi connectivity index (χ3v) is 3.86.